The van der Waals surface area contributed by atoms with Gasteiger partial charge in [0.2, 0.25) is 5.91 Å². The van der Waals surface area contributed by atoms with Gasteiger partial charge in [0, 0.05) is 5.54 Å². The van der Waals surface area contributed by atoms with Gasteiger partial charge in [-0.05, 0) is 38.0 Å². The molecule has 0 saturated carbocycles. The van der Waals surface area contributed by atoms with Crippen molar-refractivity contribution in [3.05, 3.63) is 35.4 Å². The van der Waals surface area contributed by atoms with Crippen LogP contribution < -0.4 is 5.32 Å². The molecule has 0 atom stereocenters. The summed E-state index contributed by atoms with van der Waals surface area (Å²) >= 11 is 5.39. The lowest BCUT2D eigenvalue weighted by atomic mass is 9.94. The van der Waals surface area contributed by atoms with Crippen molar-refractivity contribution in [2.45, 2.75) is 32.0 Å². The van der Waals surface area contributed by atoms with Gasteiger partial charge in [-0.15, -0.1) is 11.6 Å². The number of benzene rings is 1. The molecule has 1 aromatic rings. The third-order valence-electron chi connectivity index (χ3n) is 2.53. The molecule has 0 radical (unpaired) electrons. The largest absolute Gasteiger partial charge is 0.416 e. The summed E-state index contributed by atoms with van der Waals surface area (Å²) in [5.41, 5.74) is -0.530. The monoisotopic (exact) mass is 293 g/mol. The van der Waals surface area contributed by atoms with Gasteiger partial charge < -0.3 is 5.32 Å². The Balaban J connectivity index is 2.75. The fourth-order valence-electron chi connectivity index (χ4n) is 1.78. The van der Waals surface area contributed by atoms with Gasteiger partial charge in [0.25, 0.3) is 0 Å². The topological polar surface area (TPSA) is 29.1 Å². The van der Waals surface area contributed by atoms with E-state index < -0.39 is 17.3 Å². The molecule has 0 fully saturated rings. The van der Waals surface area contributed by atoms with Crippen LogP contribution in [0.2, 0.25) is 0 Å². The smallest absolute Gasteiger partial charge is 0.350 e. The molecule has 0 heterocycles. The predicted octanol–water partition coefficient (Wildman–Crippen LogP) is 3.38. The Bertz CT molecular complexity index is 440. The summed E-state index contributed by atoms with van der Waals surface area (Å²) < 4.78 is 37.2. The molecular formula is C13H15ClF3NO. The van der Waals surface area contributed by atoms with Crippen molar-refractivity contribution >= 4 is 17.5 Å². The average molecular weight is 294 g/mol. The number of carbonyl (C=O) groups excluding carboxylic acids is 1. The van der Waals surface area contributed by atoms with E-state index in [0.717, 1.165) is 12.1 Å². The zero-order chi connectivity index (χ0) is 14.7. The van der Waals surface area contributed by atoms with Gasteiger partial charge in [0.15, 0.2) is 0 Å². The molecule has 1 N–H and O–H groups in total. The maximum absolute atomic E-state index is 12.4. The normalized spacial score (nSPS) is 12.3. The van der Waals surface area contributed by atoms with E-state index in [1.807, 2.05) is 0 Å². The Morgan fingerprint density at radius 1 is 1.21 bits per heavy atom. The van der Waals surface area contributed by atoms with E-state index in [4.69, 9.17) is 11.6 Å². The summed E-state index contributed by atoms with van der Waals surface area (Å²) in [5.74, 6) is -0.449. The minimum absolute atomic E-state index is 0.142. The second kappa shape index (κ2) is 5.82. The first-order chi connectivity index (χ1) is 8.64. The molecule has 2 nitrogen and oxygen atoms in total. The van der Waals surface area contributed by atoms with Crippen LogP contribution in [0.4, 0.5) is 13.2 Å². The second-order valence-corrected chi connectivity index (χ2v) is 5.20. The standard InChI is InChI=1S/C13H15ClF3NO/c1-12(2,18-11(19)8-14)7-9-3-5-10(6-4-9)13(15,16)17/h3-6H,7-8H2,1-2H3,(H,18,19). The molecule has 0 aliphatic carbocycles. The molecule has 0 aliphatic heterocycles. The Kier molecular flexibility index (Phi) is 4.85. The number of amides is 1. The molecular weight excluding hydrogens is 279 g/mol. The van der Waals surface area contributed by atoms with E-state index in [0.29, 0.717) is 12.0 Å². The highest BCUT2D eigenvalue weighted by atomic mass is 35.5. The zero-order valence-electron chi connectivity index (χ0n) is 10.6. The molecule has 106 valence electrons. The minimum Gasteiger partial charge on any atom is -0.350 e. The fourth-order valence-corrected chi connectivity index (χ4v) is 1.84. The molecule has 1 aromatic carbocycles. The molecule has 1 amide bonds. The molecule has 0 aliphatic rings. The van der Waals surface area contributed by atoms with Crippen LogP contribution in [0.1, 0.15) is 25.0 Å². The first-order valence-corrected chi connectivity index (χ1v) is 6.20. The van der Waals surface area contributed by atoms with Crippen molar-refractivity contribution in [1.29, 1.82) is 0 Å². The van der Waals surface area contributed by atoms with Crippen molar-refractivity contribution < 1.29 is 18.0 Å². The second-order valence-electron chi connectivity index (χ2n) is 4.94. The summed E-state index contributed by atoms with van der Waals surface area (Å²) in [6, 6.07) is 4.90. The summed E-state index contributed by atoms with van der Waals surface area (Å²) in [7, 11) is 0. The van der Waals surface area contributed by atoms with E-state index >= 15 is 0 Å². The van der Waals surface area contributed by atoms with E-state index in [1.54, 1.807) is 13.8 Å². The van der Waals surface area contributed by atoms with Crippen LogP contribution in [0.15, 0.2) is 24.3 Å². The molecule has 19 heavy (non-hydrogen) atoms. The molecule has 1 rings (SSSR count). The molecule has 0 unspecified atom stereocenters. The number of alkyl halides is 4. The third-order valence-corrected chi connectivity index (χ3v) is 2.77. The van der Waals surface area contributed by atoms with E-state index in [1.165, 1.54) is 12.1 Å². The third kappa shape index (κ3) is 5.11. The summed E-state index contributed by atoms with van der Waals surface area (Å²) in [6.45, 7) is 3.57. The van der Waals surface area contributed by atoms with Gasteiger partial charge in [0.05, 0.1) is 5.56 Å². The lowest BCUT2D eigenvalue weighted by Gasteiger charge is -2.26. The van der Waals surface area contributed by atoms with Gasteiger partial charge in [-0.3, -0.25) is 4.79 Å². The first kappa shape index (κ1) is 15.8. The van der Waals surface area contributed by atoms with Gasteiger partial charge in [-0.25, -0.2) is 0 Å². The highest BCUT2D eigenvalue weighted by Crippen LogP contribution is 2.29. The number of hydrogen-bond acceptors (Lipinski definition) is 1. The van der Waals surface area contributed by atoms with Gasteiger partial charge in [-0.2, -0.15) is 13.2 Å². The van der Waals surface area contributed by atoms with Crippen LogP contribution in [-0.4, -0.2) is 17.3 Å². The first-order valence-electron chi connectivity index (χ1n) is 5.67. The van der Waals surface area contributed by atoms with Crippen LogP contribution >= 0.6 is 11.6 Å². The van der Waals surface area contributed by atoms with Crippen LogP contribution in [-0.2, 0) is 17.4 Å². The van der Waals surface area contributed by atoms with Gasteiger partial charge >= 0.3 is 6.18 Å². The number of hydrogen-bond donors (Lipinski definition) is 1. The zero-order valence-corrected chi connectivity index (χ0v) is 11.4. The predicted molar refractivity (Wildman–Crippen MR) is 68.1 cm³/mol. The number of nitrogens with one attached hydrogen (secondary N) is 1. The summed E-state index contributed by atoms with van der Waals surface area (Å²) in [5, 5.41) is 2.71. The van der Waals surface area contributed by atoms with Crippen molar-refractivity contribution in [1.82, 2.24) is 5.32 Å². The number of halogens is 4. The SMILES string of the molecule is CC(C)(Cc1ccc(C(F)(F)F)cc1)NC(=O)CCl. The Morgan fingerprint density at radius 3 is 2.16 bits per heavy atom. The van der Waals surface area contributed by atoms with Crippen molar-refractivity contribution in [3.63, 3.8) is 0 Å². The molecule has 0 spiro atoms. The molecule has 0 bridgehead atoms. The van der Waals surface area contributed by atoms with E-state index in [9.17, 15) is 18.0 Å². The van der Waals surface area contributed by atoms with Crippen molar-refractivity contribution in [3.8, 4) is 0 Å². The number of rotatable bonds is 4. The number of carbonyl (C=O) groups is 1. The van der Waals surface area contributed by atoms with Gasteiger partial charge in [-0.1, -0.05) is 12.1 Å². The van der Waals surface area contributed by atoms with Crippen LogP contribution in [0.5, 0.6) is 0 Å². The van der Waals surface area contributed by atoms with E-state index in [2.05, 4.69) is 5.32 Å². The average Bonchev–Trinajstić information content (AvgIpc) is 2.27. The molecule has 6 heteroatoms. The lowest BCUT2D eigenvalue weighted by molar-refractivity contribution is -0.137. The highest BCUT2D eigenvalue weighted by molar-refractivity contribution is 6.27. The van der Waals surface area contributed by atoms with Crippen LogP contribution in [0, 0.1) is 0 Å². The fraction of sp³-hybridized carbons (Fsp3) is 0.462. The maximum Gasteiger partial charge on any atom is 0.416 e. The van der Waals surface area contributed by atoms with Crippen molar-refractivity contribution in [2.24, 2.45) is 0 Å². The molecule has 0 saturated heterocycles. The van der Waals surface area contributed by atoms with Crippen LogP contribution in [0.25, 0.3) is 0 Å². The Labute approximate surface area is 114 Å². The molecule has 0 aromatic heterocycles. The lowest BCUT2D eigenvalue weighted by Crippen LogP contribution is -2.45. The quantitative estimate of drug-likeness (QED) is 0.847. The highest BCUT2D eigenvalue weighted by Gasteiger charge is 2.30. The summed E-state index contributed by atoms with van der Waals surface area (Å²) in [6.07, 6.45) is -3.91. The van der Waals surface area contributed by atoms with Crippen LogP contribution in [0.3, 0.4) is 0 Å². The van der Waals surface area contributed by atoms with E-state index in [-0.39, 0.29) is 11.8 Å². The Morgan fingerprint density at radius 2 is 1.74 bits per heavy atom. The van der Waals surface area contributed by atoms with Gasteiger partial charge in [0.1, 0.15) is 5.88 Å². The Hall–Kier alpha value is -1.23. The minimum atomic E-state index is -4.33. The van der Waals surface area contributed by atoms with Crippen molar-refractivity contribution in [2.75, 3.05) is 5.88 Å². The maximum atomic E-state index is 12.4. The summed E-state index contributed by atoms with van der Waals surface area (Å²) in [4.78, 5) is 11.2.